The third-order valence-electron chi connectivity index (χ3n) is 4.83. The van der Waals surface area contributed by atoms with E-state index in [4.69, 9.17) is 0 Å². The second-order valence-electron chi connectivity index (χ2n) is 8.03. The Labute approximate surface area is 179 Å². The lowest BCUT2D eigenvalue weighted by Gasteiger charge is -2.20. The molecule has 0 spiro atoms. The number of hydrogen-bond donors (Lipinski definition) is 1. The van der Waals surface area contributed by atoms with Crippen LogP contribution in [0.15, 0.2) is 42.6 Å². The molecule has 0 radical (unpaired) electrons. The fourth-order valence-electron chi connectivity index (χ4n) is 3.30. The molecule has 0 bridgehead atoms. The van der Waals surface area contributed by atoms with E-state index < -0.39 is 10.3 Å². The molecule has 1 atom stereocenters. The predicted octanol–water partition coefficient (Wildman–Crippen LogP) is 4.16. The van der Waals surface area contributed by atoms with E-state index in [2.05, 4.69) is 15.5 Å². The van der Waals surface area contributed by atoms with Crippen LogP contribution in [0.2, 0.25) is 0 Å². The van der Waals surface area contributed by atoms with Crippen molar-refractivity contribution in [1.82, 2.24) is 19.9 Å². The predicted molar refractivity (Wildman–Crippen MR) is 118 cm³/mol. The molecule has 0 aliphatic carbocycles. The van der Waals surface area contributed by atoms with Gasteiger partial charge in [0.25, 0.3) is 11.6 Å². The zero-order chi connectivity index (χ0) is 21.9. The number of amides is 1. The van der Waals surface area contributed by atoms with Gasteiger partial charge in [0.05, 0.1) is 11.0 Å². The molecular weight excluding hydrogens is 402 g/mol. The van der Waals surface area contributed by atoms with E-state index in [1.807, 2.05) is 55.8 Å². The molecule has 1 N–H and O–H groups in total. The standard InChI is InChI=1S/C21H25N5O3S/c1-21(2,3)15-9-8-14(13-17(15)26(28)29)20(27)22-16(10-12-30-4)19-24-23-18-7-5-6-11-25(18)19/h5-9,11,13,16H,10,12H2,1-4H3,(H,22,27). The lowest BCUT2D eigenvalue weighted by Crippen LogP contribution is -2.30. The molecule has 2 heterocycles. The molecule has 1 unspecified atom stereocenters. The highest BCUT2D eigenvalue weighted by molar-refractivity contribution is 7.98. The Kier molecular flexibility index (Phi) is 6.40. The minimum atomic E-state index is -0.436. The molecule has 158 valence electrons. The average Bonchev–Trinajstić information content (AvgIpc) is 3.14. The quantitative estimate of drug-likeness (QED) is 0.449. The number of hydrogen-bond acceptors (Lipinski definition) is 6. The third-order valence-corrected chi connectivity index (χ3v) is 5.48. The summed E-state index contributed by atoms with van der Waals surface area (Å²) in [7, 11) is 0. The van der Waals surface area contributed by atoms with Gasteiger partial charge in [-0.05, 0) is 42.0 Å². The molecule has 8 nitrogen and oxygen atoms in total. The minimum Gasteiger partial charge on any atom is -0.342 e. The number of thioether (sulfide) groups is 1. The van der Waals surface area contributed by atoms with Gasteiger partial charge in [-0.3, -0.25) is 19.3 Å². The molecule has 2 aromatic heterocycles. The zero-order valence-electron chi connectivity index (χ0n) is 17.5. The Morgan fingerprint density at radius 3 is 2.70 bits per heavy atom. The van der Waals surface area contributed by atoms with Gasteiger partial charge >= 0.3 is 0 Å². The summed E-state index contributed by atoms with van der Waals surface area (Å²) < 4.78 is 1.84. The Morgan fingerprint density at radius 1 is 1.27 bits per heavy atom. The maximum Gasteiger partial charge on any atom is 0.273 e. The number of pyridine rings is 1. The average molecular weight is 428 g/mol. The van der Waals surface area contributed by atoms with E-state index in [1.165, 1.54) is 6.07 Å². The van der Waals surface area contributed by atoms with Crippen LogP contribution in [-0.4, -0.2) is 37.4 Å². The number of nitro benzene ring substituents is 1. The Balaban J connectivity index is 1.93. The highest BCUT2D eigenvalue weighted by Gasteiger charge is 2.27. The summed E-state index contributed by atoms with van der Waals surface area (Å²) >= 11 is 1.67. The first-order chi connectivity index (χ1) is 14.2. The maximum absolute atomic E-state index is 13.0. The number of carbonyl (C=O) groups excluding carboxylic acids is 1. The summed E-state index contributed by atoms with van der Waals surface area (Å²) in [6.07, 6.45) is 4.51. The molecule has 0 saturated carbocycles. The summed E-state index contributed by atoms with van der Waals surface area (Å²) in [5, 5.41) is 23.0. The van der Waals surface area contributed by atoms with Gasteiger partial charge in [0.2, 0.25) is 0 Å². The van der Waals surface area contributed by atoms with Gasteiger partial charge in [-0.2, -0.15) is 11.8 Å². The summed E-state index contributed by atoms with van der Waals surface area (Å²) in [6.45, 7) is 5.72. The minimum absolute atomic E-state index is 0.0521. The second-order valence-corrected chi connectivity index (χ2v) is 9.02. The van der Waals surface area contributed by atoms with E-state index in [-0.39, 0.29) is 23.2 Å². The van der Waals surface area contributed by atoms with Crippen LogP contribution in [0.5, 0.6) is 0 Å². The summed E-state index contributed by atoms with van der Waals surface area (Å²) in [4.78, 5) is 24.1. The van der Waals surface area contributed by atoms with Crippen LogP contribution in [0.3, 0.4) is 0 Å². The van der Waals surface area contributed by atoms with Gasteiger partial charge in [0.1, 0.15) is 0 Å². The van der Waals surface area contributed by atoms with Crippen LogP contribution in [0.4, 0.5) is 5.69 Å². The van der Waals surface area contributed by atoms with Crippen LogP contribution in [0, 0.1) is 10.1 Å². The van der Waals surface area contributed by atoms with Crippen molar-refractivity contribution >= 4 is 29.0 Å². The smallest absolute Gasteiger partial charge is 0.273 e. The van der Waals surface area contributed by atoms with Crippen molar-refractivity contribution in [2.45, 2.75) is 38.6 Å². The Bertz CT molecular complexity index is 1070. The van der Waals surface area contributed by atoms with E-state index in [0.717, 1.165) is 5.75 Å². The number of benzene rings is 1. The molecule has 0 saturated heterocycles. The van der Waals surface area contributed by atoms with Crippen molar-refractivity contribution in [3.8, 4) is 0 Å². The lowest BCUT2D eigenvalue weighted by molar-refractivity contribution is -0.386. The van der Waals surface area contributed by atoms with Gasteiger partial charge in [0.15, 0.2) is 11.5 Å². The fourth-order valence-corrected chi connectivity index (χ4v) is 3.77. The van der Waals surface area contributed by atoms with Crippen molar-refractivity contribution in [3.05, 3.63) is 69.7 Å². The molecule has 0 aliphatic rings. The number of rotatable bonds is 7. The first-order valence-electron chi connectivity index (χ1n) is 9.60. The normalized spacial score (nSPS) is 12.7. The van der Waals surface area contributed by atoms with Crippen LogP contribution >= 0.6 is 11.8 Å². The Morgan fingerprint density at radius 2 is 2.03 bits per heavy atom. The molecule has 0 aliphatic heterocycles. The summed E-state index contributed by atoms with van der Waals surface area (Å²) in [6, 6.07) is 9.87. The third kappa shape index (κ3) is 4.62. The fraction of sp³-hybridized carbons (Fsp3) is 0.381. The second kappa shape index (κ2) is 8.83. The zero-order valence-corrected chi connectivity index (χ0v) is 18.3. The van der Waals surface area contributed by atoms with Crippen LogP contribution < -0.4 is 5.32 Å². The summed E-state index contributed by atoms with van der Waals surface area (Å²) in [5.74, 6) is 1.07. The highest BCUT2D eigenvalue weighted by Crippen LogP contribution is 2.32. The number of aromatic nitrogens is 3. The molecular formula is C21H25N5O3S. The van der Waals surface area contributed by atoms with Gasteiger partial charge < -0.3 is 5.32 Å². The largest absolute Gasteiger partial charge is 0.342 e. The molecule has 3 aromatic rings. The van der Waals surface area contributed by atoms with Gasteiger partial charge in [0, 0.05) is 23.4 Å². The maximum atomic E-state index is 13.0. The molecule has 0 fully saturated rings. The van der Waals surface area contributed by atoms with Crippen molar-refractivity contribution in [3.63, 3.8) is 0 Å². The molecule has 1 amide bonds. The van der Waals surface area contributed by atoms with Crippen LogP contribution in [-0.2, 0) is 5.41 Å². The number of nitrogens with zero attached hydrogens (tertiary/aromatic N) is 4. The van der Waals surface area contributed by atoms with E-state index in [0.29, 0.717) is 23.5 Å². The Hall–Kier alpha value is -2.94. The SMILES string of the molecule is CSCCC(NC(=O)c1ccc(C(C)(C)C)c([N+](=O)[O-])c1)c1nnc2ccccn12. The number of nitrogens with one attached hydrogen (secondary N) is 1. The van der Waals surface area contributed by atoms with E-state index in [1.54, 1.807) is 23.9 Å². The van der Waals surface area contributed by atoms with Crippen molar-refractivity contribution in [1.29, 1.82) is 0 Å². The first kappa shape index (κ1) is 21.8. The molecule has 30 heavy (non-hydrogen) atoms. The summed E-state index contributed by atoms with van der Waals surface area (Å²) in [5.41, 5.74) is 1.08. The van der Waals surface area contributed by atoms with Crippen molar-refractivity contribution in [2.24, 2.45) is 0 Å². The number of fused-ring (bicyclic) bond motifs is 1. The van der Waals surface area contributed by atoms with Crippen LogP contribution in [0.25, 0.3) is 5.65 Å². The van der Waals surface area contributed by atoms with E-state index in [9.17, 15) is 14.9 Å². The van der Waals surface area contributed by atoms with Crippen molar-refractivity contribution in [2.75, 3.05) is 12.0 Å². The monoisotopic (exact) mass is 427 g/mol. The highest BCUT2D eigenvalue weighted by atomic mass is 32.2. The van der Waals surface area contributed by atoms with E-state index >= 15 is 0 Å². The van der Waals surface area contributed by atoms with Gasteiger partial charge in [-0.15, -0.1) is 10.2 Å². The molecule has 9 heteroatoms. The number of nitro groups is 1. The molecule has 1 aromatic carbocycles. The van der Waals surface area contributed by atoms with Gasteiger partial charge in [-0.1, -0.05) is 32.9 Å². The topological polar surface area (TPSA) is 102 Å². The number of carbonyl (C=O) groups is 1. The lowest BCUT2D eigenvalue weighted by atomic mass is 9.85. The molecule has 3 rings (SSSR count). The van der Waals surface area contributed by atoms with Gasteiger partial charge in [-0.25, -0.2) is 0 Å². The first-order valence-corrected chi connectivity index (χ1v) is 11.0. The van der Waals surface area contributed by atoms with Crippen LogP contribution in [0.1, 0.15) is 55.0 Å². The van der Waals surface area contributed by atoms with Crippen molar-refractivity contribution < 1.29 is 9.72 Å².